The summed E-state index contributed by atoms with van der Waals surface area (Å²) in [5, 5.41) is 18.5. The number of aromatic nitrogens is 3. The van der Waals surface area contributed by atoms with Gasteiger partial charge in [-0.15, -0.1) is 0 Å². The van der Waals surface area contributed by atoms with Crippen molar-refractivity contribution in [3.63, 3.8) is 0 Å². The SMILES string of the molecule is CCc1ccc(-c2[nH]nc3nc(-c4cc(C)c(O)c(C)c4)ccc23)cc1.O=C=O. The van der Waals surface area contributed by atoms with Crippen molar-refractivity contribution >= 4 is 17.2 Å². The molecule has 0 fully saturated rings. The molecule has 0 amide bonds. The topological polar surface area (TPSA) is 95.9 Å². The van der Waals surface area contributed by atoms with Gasteiger partial charge < -0.3 is 5.11 Å². The van der Waals surface area contributed by atoms with Gasteiger partial charge in [0.15, 0.2) is 5.65 Å². The Kier molecular flexibility index (Phi) is 5.86. The molecule has 0 aliphatic heterocycles. The maximum Gasteiger partial charge on any atom is 0.373 e. The summed E-state index contributed by atoms with van der Waals surface area (Å²) >= 11 is 0. The van der Waals surface area contributed by atoms with Gasteiger partial charge in [-0.1, -0.05) is 31.2 Å². The maximum absolute atomic E-state index is 9.98. The molecule has 2 heterocycles. The number of phenolic OH excluding ortho intramolecular Hbond substituents is 1. The molecule has 4 rings (SSSR count). The first-order valence-corrected chi connectivity index (χ1v) is 9.22. The second-order valence-corrected chi connectivity index (χ2v) is 6.76. The van der Waals surface area contributed by atoms with E-state index in [0.29, 0.717) is 11.4 Å². The largest absolute Gasteiger partial charge is 0.507 e. The first kappa shape index (κ1) is 20.0. The van der Waals surface area contributed by atoms with Crippen molar-refractivity contribution < 1.29 is 14.7 Å². The third-order valence-corrected chi connectivity index (χ3v) is 4.86. The minimum Gasteiger partial charge on any atom is -0.507 e. The first-order chi connectivity index (χ1) is 14.0. The Morgan fingerprint density at radius 3 is 2.17 bits per heavy atom. The predicted octanol–water partition coefficient (Wildman–Crippen LogP) is 4.59. The number of hydrogen-bond donors (Lipinski definition) is 2. The lowest BCUT2D eigenvalue weighted by Gasteiger charge is -2.07. The van der Waals surface area contributed by atoms with E-state index in [4.69, 9.17) is 14.6 Å². The monoisotopic (exact) mass is 387 g/mol. The number of nitrogens with one attached hydrogen (secondary N) is 1. The second kappa shape index (κ2) is 8.50. The molecule has 0 atom stereocenters. The van der Waals surface area contributed by atoms with Gasteiger partial charge in [-0.05, 0) is 61.2 Å². The van der Waals surface area contributed by atoms with E-state index in [-0.39, 0.29) is 6.15 Å². The molecule has 0 bridgehead atoms. The second-order valence-electron chi connectivity index (χ2n) is 6.76. The van der Waals surface area contributed by atoms with E-state index in [1.807, 2.05) is 32.0 Å². The Morgan fingerprint density at radius 1 is 0.966 bits per heavy atom. The summed E-state index contributed by atoms with van der Waals surface area (Å²) in [5.41, 5.74) is 7.63. The lowest BCUT2D eigenvalue weighted by atomic mass is 10.0. The molecule has 0 aliphatic rings. The summed E-state index contributed by atoms with van der Waals surface area (Å²) in [5.74, 6) is 0.340. The van der Waals surface area contributed by atoms with E-state index >= 15 is 0 Å². The van der Waals surface area contributed by atoms with Crippen LogP contribution in [-0.2, 0) is 16.0 Å². The van der Waals surface area contributed by atoms with E-state index in [2.05, 4.69) is 47.5 Å². The molecule has 0 aliphatic carbocycles. The van der Waals surface area contributed by atoms with Crippen LogP contribution in [0.3, 0.4) is 0 Å². The number of aromatic hydroxyl groups is 1. The fraction of sp³-hybridized carbons (Fsp3) is 0.174. The molecule has 2 aromatic carbocycles. The number of carbonyl (C=O) groups excluding carboxylic acids is 2. The molecule has 0 unspecified atom stereocenters. The summed E-state index contributed by atoms with van der Waals surface area (Å²) in [4.78, 5) is 21.0. The Labute approximate surface area is 168 Å². The van der Waals surface area contributed by atoms with Crippen molar-refractivity contribution in [1.82, 2.24) is 15.2 Å². The number of aryl methyl sites for hydroxylation is 3. The molecule has 0 radical (unpaired) electrons. The van der Waals surface area contributed by atoms with E-state index in [1.54, 1.807) is 0 Å². The minimum absolute atomic E-state index is 0.250. The summed E-state index contributed by atoms with van der Waals surface area (Å²) in [6.45, 7) is 5.95. The maximum atomic E-state index is 9.98. The van der Waals surface area contributed by atoms with Crippen molar-refractivity contribution in [3.8, 4) is 28.3 Å². The Balaban J connectivity index is 0.000000755. The van der Waals surface area contributed by atoms with Crippen LogP contribution in [-0.4, -0.2) is 26.4 Å². The smallest absolute Gasteiger partial charge is 0.373 e. The zero-order chi connectivity index (χ0) is 21.0. The molecule has 4 aromatic rings. The van der Waals surface area contributed by atoms with Gasteiger partial charge in [0.25, 0.3) is 0 Å². The molecule has 146 valence electrons. The predicted molar refractivity (Wildman–Crippen MR) is 110 cm³/mol. The van der Waals surface area contributed by atoms with Gasteiger partial charge >= 0.3 is 6.15 Å². The van der Waals surface area contributed by atoms with Crippen LogP contribution in [0.1, 0.15) is 23.6 Å². The minimum atomic E-state index is 0.250. The lowest BCUT2D eigenvalue weighted by Crippen LogP contribution is -1.88. The molecule has 6 heteroatoms. The summed E-state index contributed by atoms with van der Waals surface area (Å²) in [7, 11) is 0. The average Bonchev–Trinajstić information content (AvgIpc) is 3.15. The normalized spacial score (nSPS) is 10.3. The number of pyridine rings is 1. The molecule has 6 nitrogen and oxygen atoms in total. The molecule has 2 aromatic heterocycles. The zero-order valence-electron chi connectivity index (χ0n) is 16.5. The third kappa shape index (κ3) is 4.08. The van der Waals surface area contributed by atoms with Gasteiger partial charge in [0, 0.05) is 16.5 Å². The Bertz CT molecular complexity index is 1160. The Morgan fingerprint density at radius 2 is 1.59 bits per heavy atom. The number of phenols is 1. The van der Waals surface area contributed by atoms with E-state index in [0.717, 1.165) is 45.4 Å². The van der Waals surface area contributed by atoms with Crippen LogP contribution >= 0.6 is 0 Å². The molecule has 0 saturated heterocycles. The Hall–Kier alpha value is -3.76. The van der Waals surface area contributed by atoms with Crippen LogP contribution in [0.4, 0.5) is 0 Å². The van der Waals surface area contributed by atoms with Gasteiger partial charge in [0.2, 0.25) is 0 Å². The van der Waals surface area contributed by atoms with Gasteiger partial charge in [0.1, 0.15) is 5.75 Å². The summed E-state index contributed by atoms with van der Waals surface area (Å²) < 4.78 is 0. The van der Waals surface area contributed by atoms with Crippen LogP contribution in [0.5, 0.6) is 5.75 Å². The van der Waals surface area contributed by atoms with Crippen LogP contribution in [0.2, 0.25) is 0 Å². The van der Waals surface area contributed by atoms with Crippen LogP contribution in [0.25, 0.3) is 33.5 Å². The number of nitrogens with zero attached hydrogens (tertiary/aromatic N) is 2. The van der Waals surface area contributed by atoms with Crippen molar-refractivity contribution in [2.45, 2.75) is 27.2 Å². The van der Waals surface area contributed by atoms with Crippen LogP contribution < -0.4 is 0 Å². The highest BCUT2D eigenvalue weighted by atomic mass is 16.3. The molecule has 2 N–H and O–H groups in total. The standard InChI is InChI=1S/C22H21N3O.CO2/c1-4-15-5-7-16(8-6-15)20-18-9-10-19(23-22(18)25-24-20)17-11-13(2)21(26)14(3)12-17;2-1-3/h5-12,26H,4H2,1-3H3,(H,23,24,25);. The lowest BCUT2D eigenvalue weighted by molar-refractivity contribution is -0.191. The molecule has 0 saturated carbocycles. The van der Waals surface area contributed by atoms with Crippen LogP contribution in [0.15, 0.2) is 48.5 Å². The van der Waals surface area contributed by atoms with Crippen molar-refractivity contribution in [3.05, 3.63) is 65.2 Å². The summed E-state index contributed by atoms with van der Waals surface area (Å²) in [6, 6.07) is 16.5. The van der Waals surface area contributed by atoms with E-state index < -0.39 is 0 Å². The highest BCUT2D eigenvalue weighted by molar-refractivity contribution is 5.92. The first-order valence-electron chi connectivity index (χ1n) is 9.22. The molecule has 0 spiro atoms. The third-order valence-electron chi connectivity index (χ3n) is 4.86. The molecule has 29 heavy (non-hydrogen) atoms. The highest BCUT2D eigenvalue weighted by Crippen LogP contribution is 2.31. The van der Waals surface area contributed by atoms with Crippen molar-refractivity contribution in [2.75, 3.05) is 0 Å². The van der Waals surface area contributed by atoms with Gasteiger partial charge in [-0.2, -0.15) is 14.7 Å². The number of benzene rings is 2. The van der Waals surface area contributed by atoms with Gasteiger partial charge in [0.05, 0.1) is 11.4 Å². The average molecular weight is 387 g/mol. The van der Waals surface area contributed by atoms with E-state index in [9.17, 15) is 5.11 Å². The summed E-state index contributed by atoms with van der Waals surface area (Å²) in [6.07, 6.45) is 1.28. The highest BCUT2D eigenvalue weighted by Gasteiger charge is 2.12. The van der Waals surface area contributed by atoms with Crippen LogP contribution in [0, 0.1) is 13.8 Å². The fourth-order valence-electron chi connectivity index (χ4n) is 3.29. The number of H-pyrrole nitrogens is 1. The number of rotatable bonds is 3. The number of hydrogen-bond acceptors (Lipinski definition) is 5. The van der Waals surface area contributed by atoms with Crippen molar-refractivity contribution in [2.24, 2.45) is 0 Å². The van der Waals surface area contributed by atoms with Gasteiger partial charge in [-0.3, -0.25) is 5.10 Å². The quantitative estimate of drug-likeness (QED) is 0.536. The molecular weight excluding hydrogens is 366 g/mol. The fourth-order valence-corrected chi connectivity index (χ4v) is 3.29. The number of aromatic amines is 1. The zero-order valence-corrected chi connectivity index (χ0v) is 16.5. The number of fused-ring (bicyclic) bond motifs is 1. The van der Waals surface area contributed by atoms with E-state index in [1.165, 1.54) is 5.56 Å². The van der Waals surface area contributed by atoms with Crippen molar-refractivity contribution in [1.29, 1.82) is 0 Å². The molecular formula is C23H21N3O3. The van der Waals surface area contributed by atoms with Gasteiger partial charge in [-0.25, -0.2) is 4.98 Å².